The van der Waals surface area contributed by atoms with Crippen molar-refractivity contribution in [1.29, 1.82) is 0 Å². The average molecular weight is 541 g/mol. The lowest BCUT2D eigenvalue weighted by molar-refractivity contribution is 0.194. The number of amides is 2. The number of aromatic hydroxyl groups is 1. The van der Waals surface area contributed by atoms with E-state index in [1.165, 1.54) is 6.42 Å². The summed E-state index contributed by atoms with van der Waals surface area (Å²) in [7, 11) is 1.81. The van der Waals surface area contributed by atoms with Crippen LogP contribution in [0.25, 0.3) is 10.9 Å². The Morgan fingerprint density at radius 3 is 2.25 bits per heavy atom. The van der Waals surface area contributed by atoms with Gasteiger partial charge in [0, 0.05) is 42.8 Å². The maximum absolute atomic E-state index is 13.0. The third-order valence-corrected chi connectivity index (χ3v) is 7.12. The zero-order valence-electron chi connectivity index (χ0n) is 23.3. The number of benzene rings is 3. The molecule has 8 heteroatoms. The third kappa shape index (κ3) is 5.61. The molecule has 1 aliphatic heterocycles. The van der Waals surface area contributed by atoms with Crippen molar-refractivity contribution >= 4 is 34.0 Å². The smallest absolute Gasteiger partial charge is 0.324 e. The fourth-order valence-corrected chi connectivity index (χ4v) is 5.11. The number of hydrogen-bond donors (Lipinski definition) is 2. The lowest BCUT2D eigenvalue weighted by Crippen LogP contribution is -2.43. The van der Waals surface area contributed by atoms with Gasteiger partial charge in [0.15, 0.2) is 17.4 Å². The van der Waals surface area contributed by atoms with Gasteiger partial charge in [-0.3, -0.25) is 4.90 Å². The minimum absolute atomic E-state index is 0.0113. The number of hydrogen-bond acceptors (Lipinski definition) is 5. The van der Waals surface area contributed by atoms with Gasteiger partial charge < -0.3 is 24.5 Å². The zero-order chi connectivity index (χ0) is 28.1. The first-order valence-electron chi connectivity index (χ1n) is 13.9. The van der Waals surface area contributed by atoms with Gasteiger partial charge in [-0.05, 0) is 63.4 Å². The number of nitrogens with zero attached hydrogens (tertiary/aromatic N) is 3. The number of aliphatic imine (C=N–C) groups is 1. The molecule has 0 atom stereocenters. The van der Waals surface area contributed by atoms with E-state index in [1.54, 1.807) is 11.9 Å². The lowest BCUT2D eigenvalue weighted by Gasteiger charge is -2.31. The number of fused-ring (bicyclic) bond motifs is 1. The van der Waals surface area contributed by atoms with Crippen LogP contribution >= 0.6 is 0 Å². The number of nitrogens with one attached hydrogen (secondary N) is 1. The quantitative estimate of drug-likeness (QED) is 0.238. The number of carbonyl (C=O) groups excluding carboxylic acids is 1. The summed E-state index contributed by atoms with van der Waals surface area (Å²) in [6.45, 7) is 6.43. The van der Waals surface area contributed by atoms with Gasteiger partial charge in [0.2, 0.25) is 0 Å². The van der Waals surface area contributed by atoms with E-state index in [0.717, 1.165) is 48.1 Å². The average Bonchev–Trinajstić information content (AvgIpc) is 3.31. The molecule has 0 saturated carbocycles. The summed E-state index contributed by atoms with van der Waals surface area (Å²) in [4.78, 5) is 24.7. The summed E-state index contributed by atoms with van der Waals surface area (Å²) in [6.07, 6.45) is 3.28. The van der Waals surface area contributed by atoms with Crippen LogP contribution in [0.15, 0.2) is 71.7 Å². The molecule has 0 bridgehead atoms. The highest BCUT2D eigenvalue weighted by Gasteiger charge is 2.23. The minimum atomic E-state index is 0.0113. The molecule has 2 N–H and O–H groups in total. The van der Waals surface area contributed by atoms with Gasteiger partial charge in [0.25, 0.3) is 0 Å². The predicted molar refractivity (Wildman–Crippen MR) is 160 cm³/mol. The number of aromatic nitrogens is 1. The highest BCUT2D eigenvalue weighted by molar-refractivity contribution is 6.22. The molecule has 1 aromatic heterocycles. The third-order valence-electron chi connectivity index (χ3n) is 7.12. The summed E-state index contributed by atoms with van der Waals surface area (Å²) in [6, 6.07) is 21.1. The van der Waals surface area contributed by atoms with Crippen molar-refractivity contribution in [3.05, 3.63) is 77.9 Å². The predicted octanol–water partition coefficient (Wildman–Crippen LogP) is 6.88. The second kappa shape index (κ2) is 12.2. The van der Waals surface area contributed by atoms with Gasteiger partial charge in [-0.25, -0.2) is 9.79 Å². The van der Waals surface area contributed by atoms with E-state index in [1.807, 2.05) is 85.5 Å². The zero-order valence-corrected chi connectivity index (χ0v) is 23.3. The summed E-state index contributed by atoms with van der Waals surface area (Å²) in [5.41, 5.74) is 4.26. The number of carbonyl (C=O) groups is 1. The molecule has 0 aliphatic carbocycles. The molecule has 2 heterocycles. The number of anilines is 1. The number of aromatic amines is 1. The lowest BCUT2D eigenvalue weighted by atomic mass is 10.0. The van der Waals surface area contributed by atoms with Crippen LogP contribution in [0.3, 0.4) is 0 Å². The molecule has 2 amide bonds. The van der Waals surface area contributed by atoms with Crippen LogP contribution < -0.4 is 14.4 Å². The van der Waals surface area contributed by atoms with E-state index in [2.05, 4.69) is 4.98 Å². The molecule has 8 nitrogen and oxygen atoms in total. The molecule has 208 valence electrons. The highest BCUT2D eigenvalue weighted by Crippen LogP contribution is 2.39. The topological polar surface area (TPSA) is 90.4 Å². The van der Waals surface area contributed by atoms with Gasteiger partial charge in [0.05, 0.1) is 35.7 Å². The SMILES string of the molecule is CCOc1cc2[nH]c(O)c(C(=Nc3ccc(N(C)C(=O)N4CCCCC4)cc3)c3ccccc3)c2cc1OCC. The van der Waals surface area contributed by atoms with Crippen LogP contribution in [0.4, 0.5) is 16.2 Å². The summed E-state index contributed by atoms with van der Waals surface area (Å²) in [5, 5.41) is 11.9. The van der Waals surface area contributed by atoms with Crippen molar-refractivity contribution in [2.45, 2.75) is 33.1 Å². The molecular weight excluding hydrogens is 504 g/mol. The maximum atomic E-state index is 13.0. The monoisotopic (exact) mass is 540 g/mol. The number of rotatable bonds is 8. The van der Waals surface area contributed by atoms with Gasteiger partial charge in [-0.2, -0.15) is 0 Å². The first kappa shape index (κ1) is 27.1. The van der Waals surface area contributed by atoms with E-state index in [9.17, 15) is 9.90 Å². The van der Waals surface area contributed by atoms with Crippen LogP contribution in [-0.2, 0) is 0 Å². The Morgan fingerprint density at radius 1 is 0.950 bits per heavy atom. The molecule has 3 aromatic carbocycles. The van der Waals surface area contributed by atoms with Crippen molar-refractivity contribution < 1.29 is 19.4 Å². The molecule has 1 saturated heterocycles. The van der Waals surface area contributed by atoms with E-state index in [-0.39, 0.29) is 11.9 Å². The van der Waals surface area contributed by atoms with Crippen LogP contribution in [0, 0.1) is 0 Å². The molecule has 5 rings (SSSR count). The first-order chi connectivity index (χ1) is 19.5. The van der Waals surface area contributed by atoms with E-state index in [0.29, 0.717) is 41.7 Å². The molecule has 1 aliphatic rings. The standard InChI is InChI=1S/C32H36N4O4/c1-4-39-27-20-25-26(21-28(27)40-5-2)34-31(37)29(25)30(22-12-8-6-9-13-22)33-23-14-16-24(17-15-23)35(3)32(38)36-18-10-7-11-19-36/h6,8-9,12-17,20-21,34,37H,4-5,7,10-11,18-19H2,1-3H3. The summed E-state index contributed by atoms with van der Waals surface area (Å²) >= 11 is 0. The fraction of sp³-hybridized carbons (Fsp3) is 0.312. The number of likely N-dealkylation sites (tertiary alicyclic amines) is 1. The van der Waals surface area contributed by atoms with Crippen LogP contribution in [-0.4, -0.2) is 60.1 Å². The van der Waals surface area contributed by atoms with Gasteiger partial charge >= 0.3 is 6.03 Å². The Bertz CT molecular complexity index is 1490. The number of piperidine rings is 1. The summed E-state index contributed by atoms with van der Waals surface area (Å²) < 4.78 is 11.7. The van der Waals surface area contributed by atoms with Crippen LogP contribution in [0.1, 0.15) is 44.2 Å². The molecule has 1 fully saturated rings. The molecule has 4 aromatic rings. The van der Waals surface area contributed by atoms with Crippen LogP contribution in [0.2, 0.25) is 0 Å². The van der Waals surface area contributed by atoms with Gasteiger partial charge in [-0.15, -0.1) is 0 Å². The molecular formula is C32H36N4O4. The Balaban J connectivity index is 1.54. The Labute approximate surface area is 234 Å². The number of urea groups is 1. The Kier molecular flexibility index (Phi) is 8.24. The van der Waals surface area contributed by atoms with E-state index >= 15 is 0 Å². The van der Waals surface area contributed by atoms with Crippen molar-refractivity contribution in [3.8, 4) is 17.4 Å². The molecule has 0 unspecified atom stereocenters. The Hall–Kier alpha value is -4.46. The van der Waals surface area contributed by atoms with Crippen molar-refractivity contribution in [3.63, 3.8) is 0 Å². The Morgan fingerprint density at radius 2 is 1.60 bits per heavy atom. The minimum Gasteiger partial charge on any atom is -0.494 e. The van der Waals surface area contributed by atoms with Crippen molar-refractivity contribution in [1.82, 2.24) is 9.88 Å². The second-order valence-electron chi connectivity index (χ2n) is 9.79. The van der Waals surface area contributed by atoms with Gasteiger partial charge in [0.1, 0.15) is 0 Å². The molecule has 0 radical (unpaired) electrons. The van der Waals surface area contributed by atoms with Crippen molar-refractivity contribution in [2.24, 2.45) is 4.99 Å². The first-order valence-corrected chi connectivity index (χ1v) is 13.9. The fourth-order valence-electron chi connectivity index (χ4n) is 5.11. The second-order valence-corrected chi connectivity index (χ2v) is 9.79. The van der Waals surface area contributed by atoms with E-state index < -0.39 is 0 Å². The maximum Gasteiger partial charge on any atom is 0.324 e. The highest BCUT2D eigenvalue weighted by atomic mass is 16.5. The van der Waals surface area contributed by atoms with Crippen molar-refractivity contribution in [2.75, 3.05) is 38.3 Å². The number of H-pyrrole nitrogens is 1. The van der Waals surface area contributed by atoms with Gasteiger partial charge in [-0.1, -0.05) is 30.3 Å². The molecule has 40 heavy (non-hydrogen) atoms. The van der Waals surface area contributed by atoms with Crippen LogP contribution in [0.5, 0.6) is 17.4 Å². The summed E-state index contributed by atoms with van der Waals surface area (Å²) in [5.74, 6) is 1.23. The van der Waals surface area contributed by atoms with E-state index in [4.69, 9.17) is 14.5 Å². The molecule has 0 spiro atoms. The normalized spacial score (nSPS) is 13.9. The number of ether oxygens (including phenoxy) is 2. The largest absolute Gasteiger partial charge is 0.494 e.